The number of piperidine rings is 1. The quantitative estimate of drug-likeness (QED) is 0.808. The molecule has 2 fully saturated rings. The second-order valence-electron chi connectivity index (χ2n) is 7.56. The average molecular weight is 390 g/mol. The number of sulfonamides is 1. The van der Waals surface area contributed by atoms with E-state index in [1.54, 1.807) is 12.1 Å². The molecule has 3 heterocycles. The van der Waals surface area contributed by atoms with Crippen molar-refractivity contribution in [1.82, 2.24) is 13.8 Å². The summed E-state index contributed by atoms with van der Waals surface area (Å²) in [5.74, 6) is -0.0839. The lowest BCUT2D eigenvalue weighted by Crippen LogP contribution is -2.46. The minimum Gasteiger partial charge on any atom is -0.348 e. The maximum Gasteiger partial charge on any atom is 0.243 e. The molecule has 1 aromatic heterocycles. The fraction of sp³-hybridized carbons (Fsp3) is 0.550. The van der Waals surface area contributed by atoms with Gasteiger partial charge in [0.1, 0.15) is 0 Å². The lowest BCUT2D eigenvalue weighted by atomic mass is 9.98. The van der Waals surface area contributed by atoms with Gasteiger partial charge < -0.3 is 9.47 Å². The van der Waals surface area contributed by atoms with Crippen molar-refractivity contribution in [2.75, 3.05) is 26.2 Å². The van der Waals surface area contributed by atoms with Crippen LogP contribution in [-0.4, -0.2) is 54.3 Å². The monoisotopic (exact) mass is 389 g/mol. The Hall–Kier alpha value is -1.86. The van der Waals surface area contributed by atoms with Gasteiger partial charge in [0.05, 0.1) is 10.8 Å². The molecule has 1 aromatic carbocycles. The Morgan fingerprint density at radius 1 is 1.11 bits per heavy atom. The molecule has 1 amide bonds. The minimum atomic E-state index is -3.59. The average Bonchev–Trinajstić information content (AvgIpc) is 3.36. The Morgan fingerprint density at radius 2 is 1.89 bits per heavy atom. The largest absolute Gasteiger partial charge is 0.348 e. The van der Waals surface area contributed by atoms with Crippen molar-refractivity contribution in [2.24, 2.45) is 5.92 Å². The van der Waals surface area contributed by atoms with Crippen LogP contribution >= 0.6 is 0 Å². The fourth-order valence-corrected chi connectivity index (χ4v) is 5.88. The summed E-state index contributed by atoms with van der Waals surface area (Å²) in [6.45, 7) is 5.32. The van der Waals surface area contributed by atoms with Crippen LogP contribution in [0.3, 0.4) is 0 Å². The SMILES string of the molecule is CCn1ccc2cc(S(=O)(=O)N3CCC[C@H](C(=O)N4CCCC4)C3)ccc21. The van der Waals surface area contributed by atoms with Crippen molar-refractivity contribution < 1.29 is 13.2 Å². The fourth-order valence-electron chi connectivity index (χ4n) is 4.32. The lowest BCUT2D eigenvalue weighted by molar-refractivity contribution is -0.135. The molecule has 0 unspecified atom stereocenters. The molecule has 27 heavy (non-hydrogen) atoms. The van der Waals surface area contributed by atoms with Crippen molar-refractivity contribution in [3.63, 3.8) is 0 Å². The first-order valence-corrected chi connectivity index (χ1v) is 11.3. The van der Waals surface area contributed by atoms with Crippen LogP contribution in [0.15, 0.2) is 35.4 Å². The number of benzene rings is 1. The highest BCUT2D eigenvalue weighted by atomic mass is 32.2. The summed E-state index contributed by atoms with van der Waals surface area (Å²) in [6, 6.07) is 7.27. The normalized spacial score (nSPS) is 21.8. The first kappa shape index (κ1) is 18.5. The third-order valence-electron chi connectivity index (χ3n) is 5.87. The molecule has 2 aliphatic heterocycles. The number of carbonyl (C=O) groups is 1. The molecule has 0 aliphatic carbocycles. The number of aryl methyl sites for hydroxylation is 1. The van der Waals surface area contributed by atoms with E-state index in [0.29, 0.717) is 18.0 Å². The van der Waals surface area contributed by atoms with E-state index in [4.69, 9.17) is 0 Å². The van der Waals surface area contributed by atoms with Gasteiger partial charge in [-0.05, 0) is 56.9 Å². The van der Waals surface area contributed by atoms with Crippen molar-refractivity contribution >= 4 is 26.8 Å². The molecule has 4 rings (SSSR count). The zero-order chi connectivity index (χ0) is 19.0. The van der Waals surface area contributed by atoms with Crippen LogP contribution in [0.1, 0.15) is 32.6 Å². The highest BCUT2D eigenvalue weighted by molar-refractivity contribution is 7.89. The number of fused-ring (bicyclic) bond motifs is 1. The van der Waals surface area contributed by atoms with Gasteiger partial charge in [-0.25, -0.2) is 8.42 Å². The molecule has 0 radical (unpaired) electrons. The van der Waals surface area contributed by atoms with Crippen molar-refractivity contribution in [2.45, 2.75) is 44.0 Å². The van der Waals surface area contributed by atoms with Crippen molar-refractivity contribution in [3.05, 3.63) is 30.5 Å². The van der Waals surface area contributed by atoms with Gasteiger partial charge in [-0.2, -0.15) is 4.31 Å². The third kappa shape index (κ3) is 3.38. The summed E-state index contributed by atoms with van der Waals surface area (Å²) in [4.78, 5) is 14.9. The van der Waals surface area contributed by atoms with Gasteiger partial charge >= 0.3 is 0 Å². The van der Waals surface area contributed by atoms with E-state index >= 15 is 0 Å². The van der Waals surface area contributed by atoms with Crippen LogP contribution in [-0.2, 0) is 21.4 Å². The zero-order valence-corrected chi connectivity index (χ0v) is 16.6. The molecule has 146 valence electrons. The lowest BCUT2D eigenvalue weighted by Gasteiger charge is -2.33. The van der Waals surface area contributed by atoms with Gasteiger partial charge in [-0.1, -0.05) is 0 Å². The predicted octanol–water partition coefficient (Wildman–Crippen LogP) is 2.68. The van der Waals surface area contributed by atoms with Crippen LogP contribution < -0.4 is 0 Å². The standard InChI is InChI=1S/C20H27N3O3S/c1-2-21-13-9-16-14-18(7-8-19(16)21)27(25,26)23-12-5-6-17(15-23)20(24)22-10-3-4-11-22/h7-9,13-14,17H,2-6,10-12,15H2,1H3/t17-/m0/s1. The first-order valence-electron chi connectivity index (χ1n) is 9.88. The number of hydrogen-bond donors (Lipinski definition) is 0. The van der Waals surface area contributed by atoms with E-state index in [-0.39, 0.29) is 11.8 Å². The second kappa shape index (κ2) is 7.28. The maximum absolute atomic E-state index is 13.2. The number of aromatic nitrogens is 1. The van der Waals surface area contributed by atoms with Crippen molar-refractivity contribution in [3.8, 4) is 0 Å². The smallest absolute Gasteiger partial charge is 0.243 e. The Labute approximate surface area is 160 Å². The molecule has 0 spiro atoms. The number of amides is 1. The predicted molar refractivity (Wildman–Crippen MR) is 105 cm³/mol. The Bertz CT molecular complexity index is 945. The van der Waals surface area contributed by atoms with E-state index in [0.717, 1.165) is 56.2 Å². The van der Waals surface area contributed by atoms with E-state index in [1.165, 1.54) is 4.31 Å². The number of carbonyl (C=O) groups excluding carboxylic acids is 1. The third-order valence-corrected chi connectivity index (χ3v) is 7.73. The number of likely N-dealkylation sites (tertiary alicyclic amines) is 1. The van der Waals surface area contributed by atoms with Crippen LogP contribution in [0.5, 0.6) is 0 Å². The van der Waals surface area contributed by atoms with Crippen LogP contribution in [0.4, 0.5) is 0 Å². The van der Waals surface area contributed by atoms with Gasteiger partial charge in [0.2, 0.25) is 15.9 Å². The highest BCUT2D eigenvalue weighted by Gasteiger charge is 2.35. The van der Waals surface area contributed by atoms with E-state index < -0.39 is 10.0 Å². The molecule has 7 heteroatoms. The zero-order valence-electron chi connectivity index (χ0n) is 15.8. The minimum absolute atomic E-state index is 0.128. The maximum atomic E-state index is 13.2. The van der Waals surface area contributed by atoms with E-state index in [1.807, 2.05) is 23.2 Å². The van der Waals surface area contributed by atoms with E-state index in [2.05, 4.69) is 11.5 Å². The van der Waals surface area contributed by atoms with Crippen LogP contribution in [0, 0.1) is 5.92 Å². The van der Waals surface area contributed by atoms with Crippen LogP contribution in [0.25, 0.3) is 10.9 Å². The highest BCUT2D eigenvalue weighted by Crippen LogP contribution is 2.28. The Morgan fingerprint density at radius 3 is 2.63 bits per heavy atom. The van der Waals surface area contributed by atoms with E-state index in [9.17, 15) is 13.2 Å². The summed E-state index contributed by atoms with van der Waals surface area (Å²) in [5.41, 5.74) is 1.04. The summed E-state index contributed by atoms with van der Waals surface area (Å²) >= 11 is 0. The summed E-state index contributed by atoms with van der Waals surface area (Å²) in [7, 11) is -3.59. The molecule has 6 nitrogen and oxygen atoms in total. The first-order chi connectivity index (χ1) is 13.0. The Balaban J connectivity index is 1.56. The van der Waals surface area contributed by atoms with Gasteiger partial charge in [-0.15, -0.1) is 0 Å². The molecular formula is C20H27N3O3S. The van der Waals surface area contributed by atoms with Crippen LogP contribution in [0.2, 0.25) is 0 Å². The topological polar surface area (TPSA) is 62.6 Å². The van der Waals surface area contributed by atoms with Gasteiger partial charge in [0.25, 0.3) is 0 Å². The molecule has 2 saturated heterocycles. The van der Waals surface area contributed by atoms with Gasteiger partial charge in [-0.3, -0.25) is 4.79 Å². The molecule has 2 aliphatic rings. The molecule has 2 aromatic rings. The summed E-state index contributed by atoms with van der Waals surface area (Å²) < 4.78 is 30.0. The molecular weight excluding hydrogens is 362 g/mol. The second-order valence-corrected chi connectivity index (χ2v) is 9.49. The number of rotatable bonds is 4. The molecule has 1 atom stereocenters. The summed E-state index contributed by atoms with van der Waals surface area (Å²) in [6.07, 6.45) is 5.60. The molecule has 0 N–H and O–H groups in total. The summed E-state index contributed by atoms with van der Waals surface area (Å²) in [5, 5.41) is 0.930. The Kier molecular flexibility index (Phi) is 4.99. The molecule has 0 bridgehead atoms. The number of hydrogen-bond acceptors (Lipinski definition) is 3. The van der Waals surface area contributed by atoms with Gasteiger partial charge in [0.15, 0.2) is 0 Å². The number of nitrogens with zero attached hydrogens (tertiary/aromatic N) is 3. The van der Waals surface area contributed by atoms with Crippen molar-refractivity contribution in [1.29, 1.82) is 0 Å². The van der Waals surface area contributed by atoms with Gasteiger partial charge in [0, 0.05) is 49.8 Å². The molecule has 0 saturated carbocycles.